The van der Waals surface area contributed by atoms with Crippen LogP contribution in [0.5, 0.6) is 0 Å². The average molecular weight is 1540 g/mol. The summed E-state index contributed by atoms with van der Waals surface area (Å²) in [6, 6.07) is 0. The predicted octanol–water partition coefficient (Wildman–Crippen LogP) is 26.2. The number of ether oxygens (including phenoxy) is 4. The van der Waals surface area contributed by atoms with Crippen LogP contribution in [0.3, 0.4) is 0 Å². The van der Waals surface area contributed by atoms with E-state index >= 15 is 0 Å². The van der Waals surface area contributed by atoms with Crippen LogP contribution in [0.1, 0.15) is 459 Å². The Hall–Kier alpha value is -1.94. The van der Waals surface area contributed by atoms with Crippen molar-refractivity contribution in [2.75, 3.05) is 39.6 Å². The summed E-state index contributed by atoms with van der Waals surface area (Å²) < 4.78 is 68.8. The summed E-state index contributed by atoms with van der Waals surface area (Å²) in [7, 11) is -9.92. The molecule has 6 atom stereocenters. The molecule has 0 amide bonds. The Kier molecular flexibility index (Phi) is 76.0. The van der Waals surface area contributed by atoms with E-state index in [1.807, 2.05) is 0 Å². The molecular weight excluding hydrogens is 1370 g/mol. The number of phosphoric acid groups is 2. The number of esters is 4. The van der Waals surface area contributed by atoms with Crippen LogP contribution in [-0.4, -0.2) is 96.7 Å². The fourth-order valence-corrected chi connectivity index (χ4v) is 15.0. The molecule has 0 bridgehead atoms. The molecule has 624 valence electrons. The minimum absolute atomic E-state index is 0.107. The molecule has 3 unspecified atom stereocenters. The van der Waals surface area contributed by atoms with E-state index in [4.69, 9.17) is 37.0 Å². The highest BCUT2D eigenvalue weighted by molar-refractivity contribution is 7.47. The molecule has 0 saturated carbocycles. The summed E-state index contributed by atoms with van der Waals surface area (Å²) in [4.78, 5) is 73.0. The largest absolute Gasteiger partial charge is 0.472 e. The second-order valence-corrected chi connectivity index (χ2v) is 34.6. The predicted molar refractivity (Wildman–Crippen MR) is 432 cm³/mol. The molecule has 3 N–H and O–H groups in total. The number of carbonyl (C=O) groups is 4. The van der Waals surface area contributed by atoms with Gasteiger partial charge in [-0.05, 0) is 37.5 Å². The summed E-state index contributed by atoms with van der Waals surface area (Å²) in [5.41, 5.74) is 0. The second-order valence-electron chi connectivity index (χ2n) is 31.6. The molecule has 0 fully saturated rings. The van der Waals surface area contributed by atoms with E-state index in [2.05, 4.69) is 41.5 Å². The molecule has 0 aliphatic carbocycles. The van der Waals surface area contributed by atoms with Gasteiger partial charge in [-0.2, -0.15) is 0 Å². The third kappa shape index (κ3) is 78.5. The second kappa shape index (κ2) is 77.4. The molecule has 0 aliphatic rings. The van der Waals surface area contributed by atoms with Crippen molar-refractivity contribution in [1.29, 1.82) is 0 Å². The Bertz CT molecular complexity index is 2010. The molecule has 0 aromatic rings. The maximum atomic E-state index is 13.1. The van der Waals surface area contributed by atoms with Crippen LogP contribution in [0, 0.1) is 11.8 Å². The quantitative estimate of drug-likeness (QED) is 0.0222. The standard InChI is InChI=1S/C86H168O17P2/c1-7-10-12-14-16-17-18-19-20-21-22-23-27-30-35-40-45-51-57-63-69-84(89)97-75-82(103-86(91)70-64-58-52-46-41-36-31-28-25-24-26-29-34-39-44-50-55-61-67-79(6)9-3)77-101-105(94,95)99-73-80(87)72-98-104(92,93)100-76-81(74-96-83(88)68-62-56-48-15-13-11-8-2)102-85(90)71-65-59-53-47-42-37-32-33-38-43-49-54-60-66-78(4)5/h78-82,87H,7-77H2,1-6H3,(H,92,93)(H,94,95)/t79?,80-,81+,82+/m0/s1. The Morgan fingerprint density at radius 2 is 0.486 bits per heavy atom. The zero-order valence-electron chi connectivity index (χ0n) is 69.0. The van der Waals surface area contributed by atoms with E-state index in [1.165, 1.54) is 263 Å². The SMILES string of the molecule is CCCCCCCCCCCCCCCCCCCCCCC(=O)OC[C@H](COP(=O)(O)OC[C@@H](O)COP(=O)(O)OC[C@@H](COC(=O)CCCCCCCCC)OC(=O)CCCCCCCCCCCCCCCC(C)C)OC(=O)CCCCCCCCCCCCCCCCCCCCC(C)CC. The summed E-state index contributed by atoms with van der Waals surface area (Å²) >= 11 is 0. The first kappa shape index (κ1) is 103. The third-order valence-electron chi connectivity index (χ3n) is 20.6. The van der Waals surface area contributed by atoms with Gasteiger partial charge in [-0.25, -0.2) is 9.13 Å². The average Bonchev–Trinajstić information content (AvgIpc) is 0.938. The zero-order valence-corrected chi connectivity index (χ0v) is 70.8. The van der Waals surface area contributed by atoms with Gasteiger partial charge in [0.05, 0.1) is 26.4 Å². The van der Waals surface area contributed by atoms with Crippen molar-refractivity contribution in [3.8, 4) is 0 Å². The normalized spacial score (nSPS) is 14.1. The van der Waals surface area contributed by atoms with Crippen molar-refractivity contribution in [2.24, 2.45) is 11.8 Å². The smallest absolute Gasteiger partial charge is 0.462 e. The minimum Gasteiger partial charge on any atom is -0.462 e. The lowest BCUT2D eigenvalue weighted by Gasteiger charge is -2.21. The van der Waals surface area contributed by atoms with E-state index in [-0.39, 0.29) is 25.7 Å². The van der Waals surface area contributed by atoms with Gasteiger partial charge in [-0.3, -0.25) is 37.3 Å². The Balaban J connectivity index is 5.16. The summed E-state index contributed by atoms with van der Waals surface area (Å²) in [5.74, 6) is -0.450. The molecule has 0 radical (unpaired) electrons. The van der Waals surface area contributed by atoms with Gasteiger partial charge >= 0.3 is 39.5 Å². The number of rotatable bonds is 85. The van der Waals surface area contributed by atoms with Crippen LogP contribution in [0.15, 0.2) is 0 Å². The molecule has 17 nitrogen and oxygen atoms in total. The third-order valence-corrected chi connectivity index (χ3v) is 22.5. The Morgan fingerprint density at radius 3 is 0.724 bits per heavy atom. The lowest BCUT2D eigenvalue weighted by atomic mass is 9.99. The monoisotopic (exact) mass is 1540 g/mol. The van der Waals surface area contributed by atoms with E-state index < -0.39 is 97.5 Å². The zero-order chi connectivity index (χ0) is 77.1. The van der Waals surface area contributed by atoms with Crippen LogP contribution in [0.2, 0.25) is 0 Å². The number of carbonyl (C=O) groups excluding carboxylic acids is 4. The molecular formula is C86H168O17P2. The molecule has 0 rings (SSSR count). The van der Waals surface area contributed by atoms with Crippen molar-refractivity contribution >= 4 is 39.5 Å². The fraction of sp³-hybridized carbons (Fsp3) is 0.953. The first-order valence-corrected chi connectivity index (χ1v) is 47.5. The summed E-state index contributed by atoms with van der Waals surface area (Å²) in [6.07, 6.45) is 69.7. The number of aliphatic hydroxyl groups excluding tert-OH is 1. The van der Waals surface area contributed by atoms with Crippen molar-refractivity contribution in [1.82, 2.24) is 0 Å². The Labute approximate surface area is 645 Å². The lowest BCUT2D eigenvalue weighted by Crippen LogP contribution is -2.30. The maximum absolute atomic E-state index is 13.1. The van der Waals surface area contributed by atoms with Gasteiger partial charge < -0.3 is 33.8 Å². The van der Waals surface area contributed by atoms with Gasteiger partial charge in [0, 0.05) is 25.7 Å². The highest BCUT2D eigenvalue weighted by Gasteiger charge is 2.30. The fourth-order valence-electron chi connectivity index (χ4n) is 13.4. The number of unbranched alkanes of at least 4 members (excludes halogenated alkanes) is 54. The molecule has 0 aromatic heterocycles. The highest BCUT2D eigenvalue weighted by Crippen LogP contribution is 2.45. The van der Waals surface area contributed by atoms with Gasteiger partial charge in [-0.1, -0.05) is 408 Å². The molecule has 0 heterocycles. The highest BCUT2D eigenvalue weighted by atomic mass is 31.2. The molecule has 19 heteroatoms. The lowest BCUT2D eigenvalue weighted by molar-refractivity contribution is -0.161. The molecule has 0 saturated heterocycles. The van der Waals surface area contributed by atoms with E-state index in [0.29, 0.717) is 25.7 Å². The number of hydrogen-bond donors (Lipinski definition) is 3. The maximum Gasteiger partial charge on any atom is 0.472 e. The number of aliphatic hydroxyl groups is 1. The summed E-state index contributed by atoms with van der Waals surface area (Å²) in [5, 5.41) is 10.7. The van der Waals surface area contributed by atoms with Gasteiger partial charge in [0.1, 0.15) is 19.3 Å². The van der Waals surface area contributed by atoms with Crippen LogP contribution in [-0.2, 0) is 65.4 Å². The van der Waals surface area contributed by atoms with Crippen LogP contribution in [0.25, 0.3) is 0 Å². The van der Waals surface area contributed by atoms with Crippen LogP contribution in [0.4, 0.5) is 0 Å². The van der Waals surface area contributed by atoms with Crippen molar-refractivity contribution < 1.29 is 80.2 Å². The van der Waals surface area contributed by atoms with Crippen molar-refractivity contribution in [3.63, 3.8) is 0 Å². The van der Waals surface area contributed by atoms with E-state index in [1.54, 1.807) is 0 Å². The first-order valence-electron chi connectivity index (χ1n) is 44.5. The van der Waals surface area contributed by atoms with Crippen LogP contribution < -0.4 is 0 Å². The van der Waals surface area contributed by atoms with Crippen LogP contribution >= 0.6 is 15.6 Å². The number of hydrogen-bond acceptors (Lipinski definition) is 15. The first-order chi connectivity index (χ1) is 50.9. The van der Waals surface area contributed by atoms with E-state index in [9.17, 15) is 43.2 Å². The van der Waals surface area contributed by atoms with Crippen molar-refractivity contribution in [2.45, 2.75) is 477 Å². The Morgan fingerprint density at radius 1 is 0.276 bits per heavy atom. The topological polar surface area (TPSA) is 237 Å². The minimum atomic E-state index is -4.96. The summed E-state index contributed by atoms with van der Waals surface area (Å²) in [6.45, 7) is 9.71. The molecule has 0 aromatic carbocycles. The van der Waals surface area contributed by atoms with Crippen molar-refractivity contribution in [3.05, 3.63) is 0 Å². The van der Waals surface area contributed by atoms with Gasteiger partial charge in [0.15, 0.2) is 12.2 Å². The molecule has 105 heavy (non-hydrogen) atoms. The molecule has 0 spiro atoms. The number of phosphoric ester groups is 2. The van der Waals surface area contributed by atoms with Gasteiger partial charge in [0.25, 0.3) is 0 Å². The molecule has 0 aliphatic heterocycles. The van der Waals surface area contributed by atoms with E-state index in [0.717, 1.165) is 115 Å². The van der Waals surface area contributed by atoms with Gasteiger partial charge in [-0.15, -0.1) is 0 Å². The van der Waals surface area contributed by atoms with Gasteiger partial charge in [0.2, 0.25) is 0 Å².